The molecule has 1 N–H and O–H groups in total. The van der Waals surface area contributed by atoms with Crippen LogP contribution >= 0.6 is 11.3 Å². The Balaban J connectivity index is 2.19. The van der Waals surface area contributed by atoms with Crippen molar-refractivity contribution in [3.63, 3.8) is 0 Å². The zero-order chi connectivity index (χ0) is 16.7. The molecule has 0 saturated carbocycles. The number of rotatable bonds is 7. The van der Waals surface area contributed by atoms with Crippen molar-refractivity contribution < 1.29 is 4.79 Å². The number of carbonyl (C=O) groups is 1. The van der Waals surface area contributed by atoms with Crippen LogP contribution in [0, 0.1) is 0 Å². The summed E-state index contributed by atoms with van der Waals surface area (Å²) in [6.45, 7) is 8.26. The molecule has 2 aromatic heterocycles. The van der Waals surface area contributed by atoms with Gasteiger partial charge in [0, 0.05) is 29.9 Å². The third kappa shape index (κ3) is 4.23. The number of nitrogens with zero attached hydrogens (tertiary/aromatic N) is 4. The molecule has 0 aliphatic carbocycles. The summed E-state index contributed by atoms with van der Waals surface area (Å²) >= 11 is 1.41. The number of hydrogen-bond acceptors (Lipinski definition) is 5. The molecular formula is C16H19N5OS. The smallest absolute Gasteiger partial charge is 0.270 e. The van der Waals surface area contributed by atoms with Crippen LogP contribution in [0.2, 0.25) is 0 Å². The van der Waals surface area contributed by atoms with Gasteiger partial charge in [0.15, 0.2) is 0 Å². The van der Waals surface area contributed by atoms with Crippen LogP contribution in [0.1, 0.15) is 30.8 Å². The van der Waals surface area contributed by atoms with E-state index < -0.39 is 0 Å². The molecule has 0 fully saturated rings. The maximum Gasteiger partial charge on any atom is 0.270 e. The molecule has 7 heteroatoms. The van der Waals surface area contributed by atoms with E-state index in [-0.39, 0.29) is 5.91 Å². The number of aromatic nitrogens is 3. The first-order chi connectivity index (χ1) is 11.2. The van der Waals surface area contributed by atoms with Gasteiger partial charge in [0.05, 0.1) is 18.1 Å². The van der Waals surface area contributed by atoms with Crippen LogP contribution in [-0.2, 0) is 0 Å². The number of carbonyl (C=O) groups excluding carboxylic acids is 1. The molecule has 2 rings (SSSR count). The molecule has 0 radical (unpaired) electrons. The molecule has 0 aliphatic rings. The second-order valence-corrected chi connectivity index (χ2v) is 5.49. The van der Waals surface area contributed by atoms with E-state index in [0.29, 0.717) is 12.2 Å². The molecule has 23 heavy (non-hydrogen) atoms. The molecule has 2 heterocycles. The van der Waals surface area contributed by atoms with Crippen LogP contribution in [0.4, 0.5) is 0 Å². The Bertz CT molecular complexity index is 741. The highest BCUT2D eigenvalue weighted by Crippen LogP contribution is 2.24. The van der Waals surface area contributed by atoms with E-state index in [4.69, 9.17) is 0 Å². The fourth-order valence-electron chi connectivity index (χ4n) is 1.77. The third-order valence-corrected chi connectivity index (χ3v) is 3.82. The van der Waals surface area contributed by atoms with Gasteiger partial charge in [-0.2, -0.15) is 5.10 Å². The standard InChI is InChI=1S/C16H19N5OS/c1-4-7-18-15(22)14-11-23-16(20-14)12-8-19-21(10-12)13(5-2)9-17-6-3/h5-6,8-11H,2,4,7H2,1,3H3,(H,18,22)/b13-9+,17-6?. The molecule has 6 nitrogen and oxygen atoms in total. The largest absolute Gasteiger partial charge is 0.351 e. The lowest BCUT2D eigenvalue weighted by Crippen LogP contribution is -2.24. The van der Waals surface area contributed by atoms with Gasteiger partial charge < -0.3 is 5.32 Å². The normalized spacial score (nSPS) is 11.8. The van der Waals surface area contributed by atoms with Crippen LogP contribution < -0.4 is 5.32 Å². The van der Waals surface area contributed by atoms with Crippen molar-refractivity contribution in [2.75, 3.05) is 6.54 Å². The SMILES string of the molecule is C=C/C(=C\N=CC)n1cc(-c2nc(C(=O)NCCC)cs2)cn1. The molecule has 0 aromatic carbocycles. The number of nitrogens with one attached hydrogen (secondary N) is 1. The average molecular weight is 329 g/mol. The molecule has 0 saturated heterocycles. The summed E-state index contributed by atoms with van der Waals surface area (Å²) in [5.41, 5.74) is 2.03. The zero-order valence-corrected chi connectivity index (χ0v) is 14.0. The van der Waals surface area contributed by atoms with Gasteiger partial charge in [-0.05, 0) is 19.4 Å². The fraction of sp³-hybridized carbons (Fsp3) is 0.250. The minimum absolute atomic E-state index is 0.147. The predicted molar refractivity (Wildman–Crippen MR) is 94.6 cm³/mol. The zero-order valence-electron chi connectivity index (χ0n) is 13.2. The van der Waals surface area contributed by atoms with Crippen molar-refractivity contribution in [3.8, 4) is 10.6 Å². The first kappa shape index (κ1) is 16.8. The Hall–Kier alpha value is -2.54. The third-order valence-electron chi connectivity index (χ3n) is 2.93. The number of amides is 1. The van der Waals surface area contributed by atoms with Crippen molar-refractivity contribution in [1.29, 1.82) is 0 Å². The monoisotopic (exact) mass is 329 g/mol. The second-order valence-electron chi connectivity index (χ2n) is 4.63. The number of allylic oxidation sites excluding steroid dienone is 2. The summed E-state index contributed by atoms with van der Waals surface area (Å²) in [7, 11) is 0. The maximum atomic E-state index is 11.9. The van der Waals surface area contributed by atoms with Gasteiger partial charge in [-0.3, -0.25) is 9.79 Å². The fourth-order valence-corrected chi connectivity index (χ4v) is 2.55. The van der Waals surface area contributed by atoms with E-state index in [9.17, 15) is 4.79 Å². The van der Waals surface area contributed by atoms with Crippen LogP contribution in [0.5, 0.6) is 0 Å². The van der Waals surface area contributed by atoms with E-state index in [1.165, 1.54) is 11.3 Å². The summed E-state index contributed by atoms with van der Waals surface area (Å²) in [4.78, 5) is 20.3. The molecule has 0 spiro atoms. The van der Waals surface area contributed by atoms with Crippen LogP contribution in [0.3, 0.4) is 0 Å². The van der Waals surface area contributed by atoms with E-state index in [1.54, 1.807) is 34.7 Å². The average Bonchev–Trinajstić information content (AvgIpc) is 3.22. The minimum atomic E-state index is -0.147. The maximum absolute atomic E-state index is 11.9. The second kappa shape index (κ2) is 8.19. The summed E-state index contributed by atoms with van der Waals surface area (Å²) in [5.74, 6) is -0.147. The first-order valence-corrected chi connectivity index (χ1v) is 8.17. The Morgan fingerprint density at radius 1 is 1.57 bits per heavy atom. The quantitative estimate of drug-likeness (QED) is 0.626. The molecule has 0 unspecified atom stereocenters. The van der Waals surface area contributed by atoms with E-state index in [2.05, 4.69) is 27.0 Å². The van der Waals surface area contributed by atoms with Crippen molar-refractivity contribution in [2.45, 2.75) is 20.3 Å². The van der Waals surface area contributed by atoms with Gasteiger partial charge in [-0.15, -0.1) is 11.3 Å². The summed E-state index contributed by atoms with van der Waals surface area (Å²) in [5, 5.41) is 9.61. The van der Waals surface area contributed by atoms with Crippen LogP contribution in [0.25, 0.3) is 16.3 Å². The van der Waals surface area contributed by atoms with Crippen molar-refractivity contribution in [1.82, 2.24) is 20.1 Å². The molecule has 0 bridgehead atoms. The van der Waals surface area contributed by atoms with Crippen LogP contribution in [0.15, 0.2) is 41.6 Å². The lowest BCUT2D eigenvalue weighted by Gasteiger charge is -1.99. The van der Waals surface area contributed by atoms with Gasteiger partial charge in [0.25, 0.3) is 5.91 Å². The number of thiazole rings is 1. The van der Waals surface area contributed by atoms with Crippen molar-refractivity contribution in [2.24, 2.45) is 4.99 Å². The summed E-state index contributed by atoms with van der Waals surface area (Å²) < 4.78 is 1.67. The Morgan fingerprint density at radius 3 is 3.09 bits per heavy atom. The molecule has 2 aromatic rings. The van der Waals surface area contributed by atoms with Gasteiger partial charge in [-0.25, -0.2) is 9.67 Å². The predicted octanol–water partition coefficient (Wildman–Crippen LogP) is 3.22. The highest BCUT2D eigenvalue weighted by atomic mass is 32.1. The van der Waals surface area contributed by atoms with Gasteiger partial charge in [0.1, 0.15) is 10.7 Å². The topological polar surface area (TPSA) is 72.2 Å². The minimum Gasteiger partial charge on any atom is -0.351 e. The number of hydrogen-bond donors (Lipinski definition) is 1. The molecule has 1 amide bonds. The lowest BCUT2D eigenvalue weighted by atomic mass is 10.3. The first-order valence-electron chi connectivity index (χ1n) is 7.29. The molecule has 0 aliphatic heterocycles. The van der Waals surface area contributed by atoms with Gasteiger partial charge in [-0.1, -0.05) is 13.5 Å². The Morgan fingerprint density at radius 2 is 2.39 bits per heavy atom. The highest BCUT2D eigenvalue weighted by Gasteiger charge is 2.12. The molecular weight excluding hydrogens is 310 g/mol. The Labute approximate surface area is 139 Å². The molecule has 0 atom stereocenters. The molecule has 120 valence electrons. The van der Waals surface area contributed by atoms with Gasteiger partial charge >= 0.3 is 0 Å². The Kier molecular flexibility index (Phi) is 5.99. The van der Waals surface area contributed by atoms with Gasteiger partial charge in [0.2, 0.25) is 0 Å². The number of aliphatic imine (C=N–C) groups is 1. The van der Waals surface area contributed by atoms with E-state index in [1.807, 2.05) is 20.0 Å². The summed E-state index contributed by atoms with van der Waals surface area (Å²) in [6, 6.07) is 0. The summed E-state index contributed by atoms with van der Waals surface area (Å²) in [6.07, 6.45) is 9.48. The van der Waals surface area contributed by atoms with Crippen LogP contribution in [-0.4, -0.2) is 33.4 Å². The van der Waals surface area contributed by atoms with E-state index >= 15 is 0 Å². The van der Waals surface area contributed by atoms with Crippen molar-refractivity contribution >= 4 is 29.2 Å². The lowest BCUT2D eigenvalue weighted by molar-refractivity contribution is 0.0949. The van der Waals surface area contributed by atoms with Crippen molar-refractivity contribution in [3.05, 3.63) is 42.3 Å². The highest BCUT2D eigenvalue weighted by molar-refractivity contribution is 7.13. The van der Waals surface area contributed by atoms with E-state index in [0.717, 1.165) is 22.7 Å².